The lowest BCUT2D eigenvalue weighted by atomic mass is 10.1. The van der Waals surface area contributed by atoms with Crippen molar-refractivity contribution in [2.45, 2.75) is 26.4 Å². The highest BCUT2D eigenvalue weighted by atomic mass is 31.2. The van der Waals surface area contributed by atoms with Crippen LogP contribution < -0.4 is 0 Å². The van der Waals surface area contributed by atoms with E-state index in [9.17, 15) is 9.36 Å². The smallest absolute Gasteiger partial charge is 0.320 e. The van der Waals surface area contributed by atoms with Gasteiger partial charge in [-0.05, 0) is 20.8 Å². The van der Waals surface area contributed by atoms with Crippen LogP contribution in [-0.2, 0) is 13.9 Å². The van der Waals surface area contributed by atoms with Crippen molar-refractivity contribution in [1.82, 2.24) is 0 Å². The maximum Gasteiger partial charge on any atom is 0.320 e. The molecule has 1 N–H and O–H groups in total. The molecule has 1 aliphatic heterocycles. The first-order valence-electron chi connectivity index (χ1n) is 4.54. The van der Waals surface area contributed by atoms with Gasteiger partial charge in [0.2, 0.25) is 7.37 Å². The molecule has 0 saturated carbocycles. The van der Waals surface area contributed by atoms with Crippen molar-refractivity contribution in [3.8, 4) is 0 Å². The number of carboxylic acids is 1. The predicted molar refractivity (Wildman–Crippen MR) is 53.9 cm³/mol. The number of hydrogen-bond donors (Lipinski definition) is 1. The summed E-state index contributed by atoms with van der Waals surface area (Å²) in [5, 5.41) is 8.98. The summed E-state index contributed by atoms with van der Waals surface area (Å²) in [6.45, 7) is 5.54. The van der Waals surface area contributed by atoms with E-state index in [-0.39, 0.29) is 6.16 Å². The second kappa shape index (κ2) is 3.87. The zero-order valence-corrected chi connectivity index (χ0v) is 9.51. The van der Waals surface area contributed by atoms with Gasteiger partial charge in [0.1, 0.15) is 0 Å². The zero-order chi connectivity index (χ0) is 10.9. The number of hydrogen-bond acceptors (Lipinski definition) is 3. The van der Waals surface area contributed by atoms with Crippen LogP contribution in [0.15, 0.2) is 11.1 Å². The average Bonchev–Trinajstić information content (AvgIpc) is 2.23. The van der Waals surface area contributed by atoms with Crippen molar-refractivity contribution in [3.63, 3.8) is 0 Å². The van der Waals surface area contributed by atoms with Gasteiger partial charge in [-0.15, -0.1) is 0 Å². The van der Waals surface area contributed by atoms with Gasteiger partial charge in [-0.1, -0.05) is 11.1 Å². The van der Waals surface area contributed by atoms with E-state index in [1.54, 1.807) is 13.8 Å². The lowest BCUT2D eigenvalue weighted by Crippen LogP contribution is -2.20. The first kappa shape index (κ1) is 11.5. The van der Waals surface area contributed by atoms with Gasteiger partial charge in [0.25, 0.3) is 0 Å². The Bertz CT molecular complexity index is 332. The number of aliphatic carboxylic acids is 1. The van der Waals surface area contributed by atoms with Crippen LogP contribution in [0, 0.1) is 0 Å². The first-order chi connectivity index (χ1) is 6.42. The molecule has 0 aromatic rings. The van der Waals surface area contributed by atoms with Crippen molar-refractivity contribution >= 4 is 13.3 Å². The van der Waals surface area contributed by atoms with Gasteiger partial charge in [0.05, 0.1) is 6.61 Å². The van der Waals surface area contributed by atoms with Crippen molar-refractivity contribution in [2.24, 2.45) is 0 Å². The van der Waals surface area contributed by atoms with Crippen molar-refractivity contribution in [2.75, 3.05) is 12.8 Å². The fourth-order valence-corrected chi connectivity index (χ4v) is 4.68. The highest BCUT2D eigenvalue weighted by molar-refractivity contribution is 7.61. The highest BCUT2D eigenvalue weighted by Crippen LogP contribution is 2.60. The van der Waals surface area contributed by atoms with Crippen LogP contribution >= 0.6 is 7.37 Å². The Kier molecular flexibility index (Phi) is 3.17. The summed E-state index contributed by atoms with van der Waals surface area (Å²) in [6, 6.07) is 0. The van der Waals surface area contributed by atoms with Crippen molar-refractivity contribution in [3.05, 3.63) is 11.1 Å². The van der Waals surface area contributed by atoms with E-state index in [4.69, 9.17) is 9.63 Å². The van der Waals surface area contributed by atoms with Gasteiger partial charge in [-0.3, -0.25) is 9.36 Å². The standard InChI is InChI=1S/C9H15O4P/c1-4-13-14(12)5-6(2)7(3)8(14)9(10)11/h8H,4-5H2,1-3H3,(H,10,11). The fourth-order valence-electron chi connectivity index (χ4n) is 1.77. The molecule has 14 heavy (non-hydrogen) atoms. The molecule has 80 valence electrons. The molecule has 0 fully saturated rings. The van der Waals surface area contributed by atoms with Crippen molar-refractivity contribution in [1.29, 1.82) is 0 Å². The molecule has 0 aliphatic carbocycles. The van der Waals surface area contributed by atoms with Gasteiger partial charge < -0.3 is 9.63 Å². The number of allylic oxidation sites excluding steroid dienone is 1. The van der Waals surface area contributed by atoms with E-state index in [0.29, 0.717) is 12.2 Å². The molecule has 0 spiro atoms. The topological polar surface area (TPSA) is 63.6 Å². The highest BCUT2D eigenvalue weighted by Gasteiger charge is 2.46. The van der Waals surface area contributed by atoms with Crippen LogP contribution in [0.3, 0.4) is 0 Å². The Balaban J connectivity index is 3.05. The Morgan fingerprint density at radius 2 is 2.21 bits per heavy atom. The lowest BCUT2D eigenvalue weighted by Gasteiger charge is -2.17. The molecule has 2 atom stereocenters. The number of carbonyl (C=O) groups is 1. The largest absolute Gasteiger partial charge is 0.480 e. The monoisotopic (exact) mass is 218 g/mol. The van der Waals surface area contributed by atoms with E-state index >= 15 is 0 Å². The fraction of sp³-hybridized carbons (Fsp3) is 0.667. The van der Waals surface area contributed by atoms with Crippen LogP contribution in [-0.4, -0.2) is 29.5 Å². The van der Waals surface area contributed by atoms with Gasteiger partial charge in [0.15, 0.2) is 5.66 Å². The van der Waals surface area contributed by atoms with Gasteiger partial charge in [-0.25, -0.2) is 0 Å². The average molecular weight is 218 g/mol. The van der Waals surface area contributed by atoms with Crippen LogP contribution in [0.25, 0.3) is 0 Å². The molecular weight excluding hydrogens is 203 g/mol. The minimum atomic E-state index is -3.02. The summed E-state index contributed by atoms with van der Waals surface area (Å²) in [4.78, 5) is 11.0. The predicted octanol–water partition coefficient (Wildman–Crippen LogP) is 2.10. The van der Waals surface area contributed by atoms with Crippen LogP contribution in [0.2, 0.25) is 0 Å². The van der Waals surface area contributed by atoms with Crippen molar-refractivity contribution < 1.29 is 19.0 Å². The third-order valence-electron chi connectivity index (χ3n) is 2.52. The third kappa shape index (κ3) is 1.77. The summed E-state index contributed by atoms with van der Waals surface area (Å²) in [5.41, 5.74) is 0.644. The molecule has 0 aromatic carbocycles. The molecule has 0 radical (unpaired) electrons. The molecule has 5 heteroatoms. The molecular formula is C9H15O4P. The van der Waals surface area contributed by atoms with E-state index in [1.165, 1.54) is 0 Å². The Morgan fingerprint density at radius 3 is 2.64 bits per heavy atom. The maximum atomic E-state index is 12.2. The third-order valence-corrected chi connectivity index (χ3v) is 5.52. The van der Waals surface area contributed by atoms with Crippen LogP contribution in [0.1, 0.15) is 20.8 Å². The van der Waals surface area contributed by atoms with Gasteiger partial charge >= 0.3 is 5.97 Å². The summed E-state index contributed by atoms with van der Waals surface area (Å²) < 4.78 is 17.3. The zero-order valence-electron chi connectivity index (χ0n) is 8.61. The molecule has 0 saturated heterocycles. The van der Waals surface area contributed by atoms with E-state index < -0.39 is 19.0 Å². The summed E-state index contributed by atoms with van der Waals surface area (Å²) in [5.74, 6) is -1.05. The van der Waals surface area contributed by atoms with Crippen LogP contribution in [0.5, 0.6) is 0 Å². The minimum absolute atomic E-state index is 0.281. The Hall–Kier alpha value is -0.600. The normalized spacial score (nSPS) is 32.4. The maximum absolute atomic E-state index is 12.2. The molecule has 2 unspecified atom stereocenters. The molecule has 1 heterocycles. The number of carboxylic acid groups (broad SMARTS) is 1. The number of rotatable bonds is 3. The van der Waals surface area contributed by atoms with Crippen LogP contribution in [0.4, 0.5) is 0 Å². The van der Waals surface area contributed by atoms with Gasteiger partial charge in [-0.2, -0.15) is 0 Å². The lowest BCUT2D eigenvalue weighted by molar-refractivity contribution is -0.135. The summed E-state index contributed by atoms with van der Waals surface area (Å²) >= 11 is 0. The second-order valence-corrected chi connectivity index (χ2v) is 6.05. The Morgan fingerprint density at radius 1 is 1.64 bits per heavy atom. The molecule has 4 nitrogen and oxygen atoms in total. The summed E-state index contributed by atoms with van der Waals surface area (Å²) in [6.07, 6.45) is 0.281. The first-order valence-corrected chi connectivity index (χ1v) is 6.42. The molecule has 1 rings (SSSR count). The summed E-state index contributed by atoms with van der Waals surface area (Å²) in [7, 11) is -3.02. The van der Waals surface area contributed by atoms with E-state index in [1.807, 2.05) is 6.92 Å². The molecule has 0 bridgehead atoms. The van der Waals surface area contributed by atoms with E-state index in [0.717, 1.165) is 5.57 Å². The van der Waals surface area contributed by atoms with Gasteiger partial charge in [0, 0.05) is 6.16 Å². The van der Waals surface area contributed by atoms with E-state index in [2.05, 4.69) is 0 Å². The SMILES string of the molecule is CCOP1(=O)CC(C)=C(C)C1C(=O)O. The molecule has 0 amide bonds. The second-order valence-electron chi connectivity index (χ2n) is 3.51. The molecule has 0 aromatic heterocycles. The quantitative estimate of drug-likeness (QED) is 0.582. The molecule has 1 aliphatic rings. The minimum Gasteiger partial charge on any atom is -0.480 e. The Labute approximate surface area is 83.4 Å².